The van der Waals surface area contributed by atoms with Crippen molar-refractivity contribution in [3.63, 3.8) is 0 Å². The van der Waals surface area contributed by atoms with Gasteiger partial charge in [-0.05, 0) is 37.2 Å². The average molecular weight is 351 g/mol. The van der Waals surface area contributed by atoms with Crippen LogP contribution in [0.2, 0.25) is 0 Å². The number of likely N-dealkylation sites (tertiary alicyclic amines) is 1. The number of carbonyl (C=O) groups is 2. The highest BCUT2D eigenvalue weighted by atomic mass is 32.2. The van der Waals surface area contributed by atoms with Crippen LogP contribution in [0.5, 0.6) is 0 Å². The Morgan fingerprint density at radius 2 is 1.88 bits per heavy atom. The number of hydrogen-bond donors (Lipinski definition) is 1. The van der Waals surface area contributed by atoms with Gasteiger partial charge in [0.15, 0.2) is 0 Å². The predicted octanol–water partition coefficient (Wildman–Crippen LogP) is 1.66. The molecular weight excluding hydrogens is 329 g/mol. The first-order valence-corrected chi connectivity index (χ1v) is 9.41. The van der Waals surface area contributed by atoms with Crippen LogP contribution < -0.4 is 5.32 Å². The second kappa shape index (κ2) is 7.98. The number of nitrogens with one attached hydrogen (secondary N) is 1. The van der Waals surface area contributed by atoms with Crippen molar-refractivity contribution in [2.75, 3.05) is 49.5 Å². The summed E-state index contributed by atoms with van der Waals surface area (Å²) in [5, 5.41) is 2.76. The number of nitrogens with zero attached hydrogens (tertiary/aromatic N) is 2. The molecule has 5 nitrogen and oxygen atoms in total. The van der Waals surface area contributed by atoms with E-state index in [1.807, 2.05) is 21.6 Å². The predicted molar refractivity (Wildman–Crippen MR) is 93.5 cm³/mol. The van der Waals surface area contributed by atoms with Gasteiger partial charge in [-0.3, -0.25) is 14.5 Å². The Morgan fingerprint density at radius 1 is 1.17 bits per heavy atom. The summed E-state index contributed by atoms with van der Waals surface area (Å²) in [5.41, 5.74) is 0.582. The summed E-state index contributed by atoms with van der Waals surface area (Å²) in [6.45, 7) is 3.34. The number of rotatable bonds is 4. The molecule has 0 aliphatic carbocycles. The van der Waals surface area contributed by atoms with Gasteiger partial charge in [-0.25, -0.2) is 4.39 Å². The fourth-order valence-electron chi connectivity index (χ4n) is 3.16. The summed E-state index contributed by atoms with van der Waals surface area (Å²) in [5.74, 6) is 1.81. The molecular formula is C17H22FN3O2S. The molecule has 0 saturated carbocycles. The lowest BCUT2D eigenvalue weighted by Crippen LogP contribution is -2.42. The highest BCUT2D eigenvalue weighted by Gasteiger charge is 2.32. The summed E-state index contributed by atoms with van der Waals surface area (Å²) in [6.07, 6.45) is 0.812. The van der Waals surface area contributed by atoms with E-state index in [2.05, 4.69) is 5.32 Å². The lowest BCUT2D eigenvalue weighted by atomic mass is 10.1. The van der Waals surface area contributed by atoms with Crippen LogP contribution in [0, 0.1) is 11.7 Å². The number of halogens is 1. The molecule has 0 bridgehead atoms. The summed E-state index contributed by atoms with van der Waals surface area (Å²) >= 11 is 1.89. The molecule has 2 aliphatic heterocycles. The largest absolute Gasteiger partial charge is 0.341 e. The van der Waals surface area contributed by atoms with E-state index in [0.29, 0.717) is 12.2 Å². The molecule has 130 valence electrons. The lowest BCUT2D eigenvalue weighted by molar-refractivity contribution is -0.134. The van der Waals surface area contributed by atoms with Crippen molar-refractivity contribution in [3.8, 4) is 0 Å². The Bertz CT molecular complexity index is 590. The molecule has 1 aromatic rings. The minimum atomic E-state index is -0.329. The molecule has 7 heteroatoms. The third kappa shape index (κ3) is 4.48. The van der Waals surface area contributed by atoms with Gasteiger partial charge in [0.05, 0.1) is 12.5 Å². The Kier molecular flexibility index (Phi) is 5.73. The zero-order valence-electron chi connectivity index (χ0n) is 13.5. The van der Waals surface area contributed by atoms with Gasteiger partial charge in [0.2, 0.25) is 11.8 Å². The quantitative estimate of drug-likeness (QED) is 0.896. The molecule has 2 saturated heterocycles. The van der Waals surface area contributed by atoms with Crippen LogP contribution in [-0.2, 0) is 9.59 Å². The first kappa shape index (κ1) is 17.2. The highest BCUT2D eigenvalue weighted by molar-refractivity contribution is 7.99. The molecule has 24 heavy (non-hydrogen) atoms. The molecule has 1 unspecified atom stereocenters. The number of amides is 2. The molecule has 2 fully saturated rings. The number of carbonyl (C=O) groups excluding carboxylic acids is 2. The Hall–Kier alpha value is -1.60. The van der Waals surface area contributed by atoms with Crippen LogP contribution in [0.25, 0.3) is 0 Å². The van der Waals surface area contributed by atoms with Gasteiger partial charge in [0.25, 0.3) is 0 Å². The highest BCUT2D eigenvalue weighted by Crippen LogP contribution is 2.21. The smallest absolute Gasteiger partial charge is 0.238 e. The normalized spacial score (nSPS) is 21.7. The zero-order chi connectivity index (χ0) is 16.9. The average Bonchev–Trinajstić information content (AvgIpc) is 3.05. The molecule has 3 rings (SSSR count). The fraction of sp³-hybridized carbons (Fsp3) is 0.529. The number of benzene rings is 1. The van der Waals surface area contributed by atoms with Crippen molar-refractivity contribution in [3.05, 3.63) is 30.1 Å². The van der Waals surface area contributed by atoms with Crippen LogP contribution in [0.3, 0.4) is 0 Å². The van der Waals surface area contributed by atoms with Crippen molar-refractivity contribution < 1.29 is 14.0 Å². The Morgan fingerprint density at radius 3 is 2.58 bits per heavy atom. The summed E-state index contributed by atoms with van der Waals surface area (Å²) in [7, 11) is 0. The van der Waals surface area contributed by atoms with Crippen LogP contribution in [0.1, 0.15) is 6.42 Å². The van der Waals surface area contributed by atoms with Crippen molar-refractivity contribution in [2.24, 2.45) is 5.92 Å². The maximum Gasteiger partial charge on any atom is 0.238 e. The second-order valence-corrected chi connectivity index (χ2v) is 7.44. The van der Waals surface area contributed by atoms with Crippen LogP contribution in [-0.4, -0.2) is 65.8 Å². The number of thioether (sulfide) groups is 1. The molecule has 0 aromatic heterocycles. The molecule has 1 atom stereocenters. The van der Waals surface area contributed by atoms with Gasteiger partial charge in [0.1, 0.15) is 5.82 Å². The van der Waals surface area contributed by atoms with Crippen LogP contribution >= 0.6 is 11.8 Å². The van der Waals surface area contributed by atoms with Crippen LogP contribution in [0.15, 0.2) is 24.3 Å². The monoisotopic (exact) mass is 351 g/mol. The third-order valence-electron chi connectivity index (χ3n) is 4.44. The van der Waals surface area contributed by atoms with Crippen molar-refractivity contribution in [1.29, 1.82) is 0 Å². The lowest BCUT2D eigenvalue weighted by Gasteiger charge is -2.28. The molecule has 2 aliphatic rings. The maximum absolute atomic E-state index is 12.9. The Balaban J connectivity index is 1.46. The van der Waals surface area contributed by atoms with Gasteiger partial charge in [-0.1, -0.05) is 0 Å². The minimum Gasteiger partial charge on any atom is -0.341 e. The molecule has 2 amide bonds. The molecule has 0 spiro atoms. The van der Waals surface area contributed by atoms with E-state index in [4.69, 9.17) is 0 Å². The van der Waals surface area contributed by atoms with Gasteiger partial charge in [-0.15, -0.1) is 0 Å². The Labute approximate surface area is 145 Å². The summed E-state index contributed by atoms with van der Waals surface area (Å²) < 4.78 is 12.9. The second-order valence-electron chi connectivity index (χ2n) is 6.21. The zero-order valence-corrected chi connectivity index (χ0v) is 14.4. The SMILES string of the molecule is O=C(CN1CCC(C(=O)N2CCSCC2)C1)Nc1ccc(F)cc1. The third-order valence-corrected chi connectivity index (χ3v) is 5.38. The van der Waals surface area contributed by atoms with Crippen molar-refractivity contribution >= 4 is 29.3 Å². The standard InChI is InChI=1S/C17H22FN3O2S/c18-14-1-3-15(4-2-14)19-16(22)12-20-6-5-13(11-20)17(23)21-7-9-24-10-8-21/h1-4,13H,5-12H2,(H,19,22). The van der Waals surface area contributed by atoms with Gasteiger partial charge >= 0.3 is 0 Å². The topological polar surface area (TPSA) is 52.7 Å². The van der Waals surface area contributed by atoms with Crippen molar-refractivity contribution in [1.82, 2.24) is 9.80 Å². The van der Waals surface area contributed by atoms with E-state index < -0.39 is 0 Å². The van der Waals surface area contributed by atoms with Gasteiger partial charge in [-0.2, -0.15) is 11.8 Å². The minimum absolute atomic E-state index is 0.00622. The first-order chi connectivity index (χ1) is 11.6. The molecule has 0 radical (unpaired) electrons. The molecule has 1 aromatic carbocycles. The maximum atomic E-state index is 12.9. The van der Waals surface area contributed by atoms with E-state index in [0.717, 1.165) is 37.6 Å². The van der Waals surface area contributed by atoms with E-state index >= 15 is 0 Å². The molecule has 2 heterocycles. The van der Waals surface area contributed by atoms with Crippen LogP contribution in [0.4, 0.5) is 10.1 Å². The molecule has 1 N–H and O–H groups in total. The fourth-order valence-corrected chi connectivity index (χ4v) is 4.06. The van der Waals surface area contributed by atoms with E-state index in [9.17, 15) is 14.0 Å². The van der Waals surface area contributed by atoms with E-state index in [1.54, 1.807) is 0 Å². The van der Waals surface area contributed by atoms with Gasteiger partial charge < -0.3 is 10.2 Å². The van der Waals surface area contributed by atoms with Gasteiger partial charge in [0, 0.05) is 36.8 Å². The van der Waals surface area contributed by atoms with Crippen molar-refractivity contribution in [2.45, 2.75) is 6.42 Å². The first-order valence-electron chi connectivity index (χ1n) is 8.26. The van der Waals surface area contributed by atoms with E-state index in [-0.39, 0.29) is 30.1 Å². The summed E-state index contributed by atoms with van der Waals surface area (Å²) in [4.78, 5) is 28.6. The summed E-state index contributed by atoms with van der Waals surface area (Å²) in [6, 6.07) is 5.71. The van der Waals surface area contributed by atoms with E-state index in [1.165, 1.54) is 24.3 Å². The number of anilines is 1. The number of hydrogen-bond acceptors (Lipinski definition) is 4.